The number of rotatable bonds is 10. The molecule has 0 aliphatic carbocycles. The van der Waals surface area contributed by atoms with Gasteiger partial charge >= 0.3 is 6.09 Å². The smallest absolute Gasteiger partial charge is 0.408 e. The predicted molar refractivity (Wildman–Crippen MR) is 132 cm³/mol. The van der Waals surface area contributed by atoms with Crippen molar-refractivity contribution in [3.05, 3.63) is 35.4 Å². The van der Waals surface area contributed by atoms with Crippen LogP contribution in [0.5, 0.6) is 0 Å². The number of ether oxygens (including phenoxy) is 1. The number of likely N-dealkylation sites (N-methyl/N-ethyl adjacent to an activating group) is 1. The molecule has 0 fully saturated rings. The largest absolute Gasteiger partial charge is 0.444 e. The fraction of sp³-hybridized carbons (Fsp3) is 0.654. The van der Waals surface area contributed by atoms with E-state index in [1.165, 1.54) is 4.90 Å². The van der Waals surface area contributed by atoms with E-state index in [1.54, 1.807) is 27.8 Å². The quantitative estimate of drug-likeness (QED) is 0.527. The van der Waals surface area contributed by atoms with Gasteiger partial charge in [0.2, 0.25) is 11.8 Å². The first-order chi connectivity index (χ1) is 15.2. The number of aryl methyl sites for hydroxylation is 1. The SMILES string of the molecule is CCCC(C)NC(=O)C(c1ccc(C)cc1)N(C)C(=O)C(CC(C)C)NC(=O)OC(C)(C)C. The van der Waals surface area contributed by atoms with Gasteiger partial charge in [-0.15, -0.1) is 0 Å². The molecule has 0 aromatic heterocycles. The van der Waals surface area contributed by atoms with E-state index in [0.717, 1.165) is 24.0 Å². The predicted octanol–water partition coefficient (Wildman–Crippen LogP) is 4.74. The molecule has 0 heterocycles. The molecule has 3 unspecified atom stereocenters. The summed E-state index contributed by atoms with van der Waals surface area (Å²) in [5.41, 5.74) is 1.11. The highest BCUT2D eigenvalue weighted by Gasteiger charge is 2.34. The lowest BCUT2D eigenvalue weighted by molar-refractivity contribution is -0.141. The minimum absolute atomic E-state index is 0.00898. The van der Waals surface area contributed by atoms with Crippen LogP contribution in [0.25, 0.3) is 0 Å². The average molecular weight is 462 g/mol. The lowest BCUT2D eigenvalue weighted by atomic mass is 9.99. The molecule has 1 aromatic carbocycles. The Morgan fingerprint density at radius 3 is 2.09 bits per heavy atom. The molecule has 0 aliphatic rings. The molecule has 33 heavy (non-hydrogen) atoms. The van der Waals surface area contributed by atoms with Gasteiger partial charge in [0.15, 0.2) is 0 Å². The third-order valence-corrected chi connectivity index (χ3v) is 5.18. The van der Waals surface area contributed by atoms with Crippen molar-refractivity contribution in [2.45, 2.75) is 98.4 Å². The third-order valence-electron chi connectivity index (χ3n) is 5.18. The number of amides is 3. The molecule has 3 amide bonds. The molecule has 0 spiro atoms. The van der Waals surface area contributed by atoms with Crippen LogP contribution >= 0.6 is 0 Å². The first-order valence-electron chi connectivity index (χ1n) is 11.9. The van der Waals surface area contributed by atoms with Crippen molar-refractivity contribution in [3.63, 3.8) is 0 Å². The highest BCUT2D eigenvalue weighted by atomic mass is 16.6. The Labute approximate surface area is 199 Å². The number of hydrogen-bond donors (Lipinski definition) is 2. The molecular weight excluding hydrogens is 418 g/mol. The number of alkyl carbamates (subject to hydrolysis) is 1. The van der Waals surface area contributed by atoms with Crippen molar-refractivity contribution in [2.24, 2.45) is 5.92 Å². The molecule has 1 rings (SSSR count). The van der Waals surface area contributed by atoms with Gasteiger partial charge in [0.25, 0.3) is 0 Å². The van der Waals surface area contributed by atoms with Gasteiger partial charge in [0, 0.05) is 13.1 Å². The molecular formula is C26H43N3O4. The monoisotopic (exact) mass is 461 g/mol. The molecule has 0 saturated carbocycles. The minimum atomic E-state index is -0.812. The zero-order chi connectivity index (χ0) is 25.3. The Hall–Kier alpha value is -2.57. The van der Waals surface area contributed by atoms with Crippen LogP contribution in [0.15, 0.2) is 24.3 Å². The van der Waals surface area contributed by atoms with Gasteiger partial charge in [0.1, 0.15) is 17.7 Å². The number of nitrogens with one attached hydrogen (secondary N) is 2. The fourth-order valence-corrected chi connectivity index (χ4v) is 3.64. The van der Waals surface area contributed by atoms with Crippen LogP contribution in [0.1, 0.15) is 84.9 Å². The molecule has 2 N–H and O–H groups in total. The van der Waals surface area contributed by atoms with E-state index in [2.05, 4.69) is 17.6 Å². The molecule has 0 saturated heterocycles. The van der Waals surface area contributed by atoms with Crippen molar-refractivity contribution in [3.8, 4) is 0 Å². The molecule has 7 heteroatoms. The number of hydrogen-bond acceptors (Lipinski definition) is 4. The Bertz CT molecular complexity index is 784. The normalized spacial score (nSPS) is 14.2. The summed E-state index contributed by atoms with van der Waals surface area (Å²) in [4.78, 5) is 40.7. The Kier molecular flexibility index (Phi) is 10.9. The van der Waals surface area contributed by atoms with Gasteiger partial charge in [-0.25, -0.2) is 4.79 Å². The number of carbonyl (C=O) groups excluding carboxylic acids is 3. The van der Waals surface area contributed by atoms with Crippen molar-refractivity contribution < 1.29 is 19.1 Å². The summed E-state index contributed by atoms with van der Waals surface area (Å²) in [6.07, 6.45) is 1.57. The second kappa shape index (κ2) is 12.6. The first kappa shape index (κ1) is 28.5. The van der Waals surface area contributed by atoms with Gasteiger partial charge in [-0.05, 0) is 58.9 Å². The molecule has 0 aliphatic heterocycles. The Morgan fingerprint density at radius 2 is 1.61 bits per heavy atom. The maximum atomic E-state index is 13.6. The van der Waals surface area contributed by atoms with Crippen molar-refractivity contribution >= 4 is 17.9 Å². The highest BCUT2D eigenvalue weighted by molar-refractivity contribution is 5.92. The lowest BCUT2D eigenvalue weighted by Gasteiger charge is -2.33. The van der Waals surface area contributed by atoms with E-state index in [4.69, 9.17) is 4.74 Å². The zero-order valence-corrected chi connectivity index (χ0v) is 21.8. The maximum Gasteiger partial charge on any atom is 0.408 e. The Balaban J connectivity index is 3.22. The number of carbonyl (C=O) groups is 3. The van der Waals surface area contributed by atoms with E-state index in [-0.39, 0.29) is 23.8 Å². The fourth-order valence-electron chi connectivity index (χ4n) is 3.64. The maximum absolute atomic E-state index is 13.6. The molecule has 0 radical (unpaired) electrons. The van der Waals surface area contributed by atoms with Crippen LogP contribution in [-0.2, 0) is 14.3 Å². The van der Waals surface area contributed by atoms with Crippen LogP contribution in [0, 0.1) is 12.8 Å². The van der Waals surface area contributed by atoms with Crippen LogP contribution in [0.4, 0.5) is 4.79 Å². The van der Waals surface area contributed by atoms with Crippen LogP contribution in [-0.4, -0.2) is 47.5 Å². The van der Waals surface area contributed by atoms with E-state index in [9.17, 15) is 14.4 Å². The summed E-state index contributed by atoms with van der Waals surface area (Å²) < 4.78 is 5.36. The third kappa shape index (κ3) is 9.84. The second-order valence-corrected chi connectivity index (χ2v) is 10.3. The van der Waals surface area contributed by atoms with E-state index in [1.807, 2.05) is 52.0 Å². The van der Waals surface area contributed by atoms with Gasteiger partial charge in [-0.3, -0.25) is 9.59 Å². The van der Waals surface area contributed by atoms with E-state index < -0.39 is 23.8 Å². The minimum Gasteiger partial charge on any atom is -0.444 e. The van der Waals surface area contributed by atoms with E-state index >= 15 is 0 Å². The Morgan fingerprint density at radius 1 is 1.03 bits per heavy atom. The summed E-state index contributed by atoms with van der Waals surface area (Å²) in [6.45, 7) is 15.3. The van der Waals surface area contributed by atoms with Crippen molar-refractivity contribution in [2.75, 3.05) is 7.05 Å². The molecule has 0 bridgehead atoms. The molecule has 3 atom stereocenters. The second-order valence-electron chi connectivity index (χ2n) is 10.3. The van der Waals surface area contributed by atoms with Crippen molar-refractivity contribution in [1.82, 2.24) is 15.5 Å². The topological polar surface area (TPSA) is 87.7 Å². The van der Waals surface area contributed by atoms with E-state index in [0.29, 0.717) is 6.42 Å². The van der Waals surface area contributed by atoms with Gasteiger partial charge in [-0.1, -0.05) is 57.0 Å². The van der Waals surface area contributed by atoms with Gasteiger partial charge < -0.3 is 20.3 Å². The number of nitrogens with zero attached hydrogens (tertiary/aromatic N) is 1. The van der Waals surface area contributed by atoms with Crippen LogP contribution in [0.3, 0.4) is 0 Å². The summed E-state index contributed by atoms with van der Waals surface area (Å²) in [7, 11) is 1.61. The average Bonchev–Trinajstić information content (AvgIpc) is 2.66. The van der Waals surface area contributed by atoms with Gasteiger partial charge in [0.05, 0.1) is 0 Å². The van der Waals surface area contributed by atoms with Gasteiger partial charge in [-0.2, -0.15) is 0 Å². The molecule has 1 aromatic rings. The first-order valence-corrected chi connectivity index (χ1v) is 11.9. The summed E-state index contributed by atoms with van der Waals surface area (Å²) in [5.74, 6) is -0.423. The van der Waals surface area contributed by atoms with Crippen molar-refractivity contribution in [1.29, 1.82) is 0 Å². The van der Waals surface area contributed by atoms with Crippen LogP contribution in [0.2, 0.25) is 0 Å². The van der Waals surface area contributed by atoms with Crippen LogP contribution < -0.4 is 10.6 Å². The molecule has 186 valence electrons. The summed E-state index contributed by atoms with van der Waals surface area (Å²) in [6, 6.07) is 5.96. The summed E-state index contributed by atoms with van der Waals surface area (Å²) in [5, 5.41) is 5.75. The number of benzene rings is 1. The lowest BCUT2D eigenvalue weighted by Crippen LogP contribution is -2.52. The molecule has 7 nitrogen and oxygen atoms in total. The highest BCUT2D eigenvalue weighted by Crippen LogP contribution is 2.23. The standard InChI is InChI=1S/C26H43N3O4/c1-10-11-19(5)27-23(30)22(20-14-12-18(4)13-15-20)29(9)24(31)21(16-17(2)3)28-25(32)33-26(6,7)8/h12-15,17,19,21-22H,10-11,16H2,1-9H3,(H,27,30)(H,28,32). The summed E-state index contributed by atoms with van der Waals surface area (Å²) >= 11 is 0. The zero-order valence-electron chi connectivity index (χ0n) is 21.8.